The number of rotatable bonds is 6. The van der Waals surface area contributed by atoms with Gasteiger partial charge in [0.05, 0.1) is 6.42 Å². The molecule has 5 nitrogen and oxygen atoms in total. The molecular weight excluding hydrogens is 256 g/mol. The Kier molecular flexibility index (Phi) is 6.18. The van der Waals surface area contributed by atoms with Crippen molar-refractivity contribution in [1.29, 1.82) is 0 Å². The van der Waals surface area contributed by atoms with E-state index in [4.69, 9.17) is 5.21 Å². The van der Waals surface area contributed by atoms with Crippen LogP contribution in [0.25, 0.3) is 0 Å². The molecule has 1 atom stereocenters. The number of hydrogen-bond acceptors (Lipinski definition) is 3. The van der Waals surface area contributed by atoms with Crippen molar-refractivity contribution in [2.24, 2.45) is 11.8 Å². The van der Waals surface area contributed by atoms with Crippen LogP contribution in [0, 0.1) is 11.8 Å². The molecule has 0 aromatic heterocycles. The van der Waals surface area contributed by atoms with Gasteiger partial charge in [0.25, 0.3) is 0 Å². The average Bonchev–Trinajstić information content (AvgIpc) is 2.40. The normalized spacial score (nSPS) is 12.1. The molecule has 0 fully saturated rings. The summed E-state index contributed by atoms with van der Waals surface area (Å²) in [5.41, 5.74) is 3.06. The van der Waals surface area contributed by atoms with Crippen LogP contribution in [0.5, 0.6) is 0 Å². The van der Waals surface area contributed by atoms with Gasteiger partial charge < -0.3 is 5.32 Å². The van der Waals surface area contributed by atoms with E-state index < -0.39 is 5.91 Å². The molecule has 1 rings (SSSR count). The van der Waals surface area contributed by atoms with Gasteiger partial charge in [-0.3, -0.25) is 14.8 Å². The first-order chi connectivity index (χ1) is 9.42. The van der Waals surface area contributed by atoms with Crippen LogP contribution in [0.3, 0.4) is 0 Å². The number of carbonyl (C=O) groups is 2. The summed E-state index contributed by atoms with van der Waals surface area (Å²) < 4.78 is 0. The van der Waals surface area contributed by atoms with Gasteiger partial charge in [-0.05, 0) is 30.0 Å². The molecular formula is C15H22N2O3. The number of anilines is 1. The summed E-state index contributed by atoms with van der Waals surface area (Å²) in [7, 11) is 0. The van der Waals surface area contributed by atoms with Crippen LogP contribution >= 0.6 is 0 Å². The van der Waals surface area contributed by atoms with E-state index in [0.717, 1.165) is 12.0 Å². The van der Waals surface area contributed by atoms with E-state index in [2.05, 4.69) is 19.2 Å². The van der Waals surface area contributed by atoms with Crippen molar-refractivity contribution in [3.05, 3.63) is 29.8 Å². The summed E-state index contributed by atoms with van der Waals surface area (Å²) in [5.74, 6) is -0.0168. The van der Waals surface area contributed by atoms with Crippen LogP contribution in [0.15, 0.2) is 24.3 Å². The maximum Gasteiger partial charge on any atom is 0.247 e. The number of carbonyl (C=O) groups excluding carboxylic acids is 2. The third-order valence-corrected chi connectivity index (χ3v) is 2.98. The number of benzene rings is 1. The first-order valence-corrected chi connectivity index (χ1v) is 6.75. The molecule has 0 bridgehead atoms. The maximum absolute atomic E-state index is 11.9. The summed E-state index contributed by atoms with van der Waals surface area (Å²) in [6.07, 6.45) is 0.953. The molecule has 0 saturated carbocycles. The molecule has 0 aliphatic carbocycles. The van der Waals surface area contributed by atoms with Crippen molar-refractivity contribution >= 4 is 17.5 Å². The molecule has 0 heterocycles. The molecule has 2 amide bonds. The Morgan fingerprint density at radius 1 is 1.15 bits per heavy atom. The lowest BCUT2D eigenvalue weighted by Crippen LogP contribution is -2.22. The molecule has 1 aromatic carbocycles. The monoisotopic (exact) mass is 278 g/mol. The van der Waals surface area contributed by atoms with Crippen LogP contribution in [0.2, 0.25) is 0 Å². The molecule has 0 saturated heterocycles. The lowest BCUT2D eigenvalue weighted by molar-refractivity contribution is -0.128. The van der Waals surface area contributed by atoms with Crippen molar-refractivity contribution < 1.29 is 14.8 Å². The van der Waals surface area contributed by atoms with Crippen molar-refractivity contribution in [2.45, 2.75) is 33.6 Å². The predicted octanol–water partition coefficient (Wildman–Crippen LogP) is 2.36. The predicted molar refractivity (Wildman–Crippen MR) is 77.3 cm³/mol. The van der Waals surface area contributed by atoms with Gasteiger partial charge in [-0.15, -0.1) is 0 Å². The third kappa shape index (κ3) is 5.40. The van der Waals surface area contributed by atoms with Crippen molar-refractivity contribution in [1.82, 2.24) is 5.48 Å². The molecule has 0 aliphatic heterocycles. The van der Waals surface area contributed by atoms with Crippen LogP contribution < -0.4 is 10.8 Å². The summed E-state index contributed by atoms with van der Waals surface area (Å²) >= 11 is 0. The Morgan fingerprint density at radius 3 is 2.25 bits per heavy atom. The highest BCUT2D eigenvalue weighted by atomic mass is 16.5. The van der Waals surface area contributed by atoms with Crippen molar-refractivity contribution in [3.63, 3.8) is 0 Å². The number of hydrogen-bond donors (Lipinski definition) is 3. The Morgan fingerprint density at radius 2 is 1.75 bits per heavy atom. The van der Waals surface area contributed by atoms with Crippen LogP contribution in [-0.2, 0) is 16.0 Å². The second kappa shape index (κ2) is 7.65. The third-order valence-electron chi connectivity index (χ3n) is 2.98. The molecule has 5 heteroatoms. The van der Waals surface area contributed by atoms with E-state index in [1.807, 2.05) is 6.92 Å². The van der Waals surface area contributed by atoms with Crippen molar-refractivity contribution in [3.8, 4) is 0 Å². The van der Waals surface area contributed by atoms with Gasteiger partial charge in [0, 0.05) is 11.6 Å². The quantitative estimate of drug-likeness (QED) is 0.552. The minimum absolute atomic E-state index is 0.000416. The van der Waals surface area contributed by atoms with E-state index in [-0.39, 0.29) is 18.2 Å². The van der Waals surface area contributed by atoms with Gasteiger partial charge in [-0.25, -0.2) is 5.48 Å². The average molecular weight is 278 g/mol. The zero-order valence-corrected chi connectivity index (χ0v) is 12.1. The van der Waals surface area contributed by atoms with Gasteiger partial charge in [-0.1, -0.05) is 32.9 Å². The fourth-order valence-electron chi connectivity index (χ4n) is 2.01. The number of hydroxylamine groups is 1. The topological polar surface area (TPSA) is 78.4 Å². The molecule has 0 aliphatic rings. The fourth-order valence-corrected chi connectivity index (χ4v) is 2.01. The van der Waals surface area contributed by atoms with Gasteiger partial charge in [0.2, 0.25) is 11.8 Å². The zero-order chi connectivity index (χ0) is 15.1. The Bertz CT molecular complexity index is 455. The lowest BCUT2D eigenvalue weighted by Gasteiger charge is -2.14. The van der Waals surface area contributed by atoms with E-state index in [0.29, 0.717) is 11.6 Å². The summed E-state index contributed by atoms with van der Waals surface area (Å²) in [4.78, 5) is 23.0. The molecule has 20 heavy (non-hydrogen) atoms. The molecule has 0 spiro atoms. The number of amides is 2. The smallest absolute Gasteiger partial charge is 0.247 e. The Hall–Kier alpha value is -1.88. The van der Waals surface area contributed by atoms with E-state index >= 15 is 0 Å². The largest absolute Gasteiger partial charge is 0.326 e. The highest BCUT2D eigenvalue weighted by Crippen LogP contribution is 2.15. The van der Waals surface area contributed by atoms with E-state index in [9.17, 15) is 9.59 Å². The molecule has 1 unspecified atom stereocenters. The second-order valence-corrected chi connectivity index (χ2v) is 5.43. The minimum Gasteiger partial charge on any atom is -0.326 e. The molecule has 3 N–H and O–H groups in total. The fraction of sp³-hybridized carbons (Fsp3) is 0.467. The molecule has 0 radical (unpaired) electrons. The second-order valence-electron chi connectivity index (χ2n) is 5.43. The van der Waals surface area contributed by atoms with Gasteiger partial charge in [0.15, 0.2) is 0 Å². The van der Waals surface area contributed by atoms with Crippen LogP contribution in [0.4, 0.5) is 5.69 Å². The van der Waals surface area contributed by atoms with Gasteiger partial charge in [-0.2, -0.15) is 0 Å². The van der Waals surface area contributed by atoms with E-state index in [1.54, 1.807) is 29.7 Å². The first kappa shape index (κ1) is 16.2. The van der Waals surface area contributed by atoms with Crippen LogP contribution in [0.1, 0.15) is 32.8 Å². The number of nitrogens with one attached hydrogen (secondary N) is 2. The summed E-state index contributed by atoms with van der Waals surface area (Å²) in [6.45, 7) is 6.09. The Labute approximate surface area is 119 Å². The summed E-state index contributed by atoms with van der Waals surface area (Å²) in [5, 5.41) is 11.3. The standard InChI is InChI=1S/C15H22N2O3/c1-10(2)8-11(3)15(19)16-13-6-4-12(5-7-13)9-14(18)17-20/h4-7,10-11,20H,8-9H2,1-3H3,(H,16,19)(H,17,18). The zero-order valence-electron chi connectivity index (χ0n) is 12.1. The van der Waals surface area contributed by atoms with Gasteiger partial charge in [0.1, 0.15) is 0 Å². The minimum atomic E-state index is -0.465. The Balaban J connectivity index is 2.56. The highest BCUT2D eigenvalue weighted by Gasteiger charge is 2.14. The van der Waals surface area contributed by atoms with Gasteiger partial charge >= 0.3 is 0 Å². The maximum atomic E-state index is 11.9. The molecule has 110 valence electrons. The van der Waals surface area contributed by atoms with Crippen LogP contribution in [-0.4, -0.2) is 17.0 Å². The van der Waals surface area contributed by atoms with Crippen molar-refractivity contribution in [2.75, 3.05) is 5.32 Å². The SMILES string of the molecule is CC(C)CC(C)C(=O)Nc1ccc(CC(=O)NO)cc1. The summed E-state index contributed by atoms with van der Waals surface area (Å²) in [6, 6.07) is 7.00. The molecule has 1 aromatic rings. The van der Waals surface area contributed by atoms with E-state index in [1.165, 1.54) is 0 Å². The highest BCUT2D eigenvalue weighted by molar-refractivity contribution is 5.92. The first-order valence-electron chi connectivity index (χ1n) is 6.75. The lowest BCUT2D eigenvalue weighted by atomic mass is 9.98.